The topological polar surface area (TPSA) is 138 Å². The molecule has 9 heteroatoms. The van der Waals surface area contributed by atoms with Crippen LogP contribution in [0.5, 0.6) is 0 Å². The smallest absolute Gasteiger partial charge is 0.189 e. The lowest BCUT2D eigenvalue weighted by Gasteiger charge is -2.54. The normalized spacial score (nSPS) is 55.4. The number of ether oxygens (including phenoxy) is 4. The molecule has 3 aliphatic heterocycles. The van der Waals surface area contributed by atoms with E-state index in [-0.39, 0.29) is 13.0 Å². The molecular formula is C13H22O9. The quantitative estimate of drug-likeness (QED) is 0.369. The minimum Gasteiger partial charge on any atom is -0.388 e. The van der Waals surface area contributed by atoms with E-state index in [4.69, 9.17) is 18.9 Å². The maximum Gasteiger partial charge on any atom is 0.189 e. The number of aliphatic hydroxyl groups excluding tert-OH is 4. The van der Waals surface area contributed by atoms with Gasteiger partial charge in [0.05, 0.1) is 12.7 Å². The van der Waals surface area contributed by atoms with Crippen LogP contribution in [0.2, 0.25) is 0 Å². The summed E-state index contributed by atoms with van der Waals surface area (Å²) in [4.78, 5) is 0. The number of hydrogen-bond donors (Lipinski definition) is 5. The van der Waals surface area contributed by atoms with Crippen LogP contribution in [0, 0.1) is 0 Å². The van der Waals surface area contributed by atoms with Crippen LogP contribution >= 0.6 is 0 Å². The molecule has 128 valence electrons. The van der Waals surface area contributed by atoms with Crippen molar-refractivity contribution in [2.75, 3.05) is 13.7 Å². The first-order chi connectivity index (χ1) is 10.4. The highest BCUT2D eigenvalue weighted by Crippen LogP contribution is 2.42. The Bertz CT molecular complexity index is 407. The Morgan fingerprint density at radius 2 is 1.82 bits per heavy atom. The van der Waals surface area contributed by atoms with Gasteiger partial charge in [-0.15, -0.1) is 0 Å². The monoisotopic (exact) mass is 322 g/mol. The van der Waals surface area contributed by atoms with Gasteiger partial charge in [-0.2, -0.15) is 0 Å². The molecule has 0 amide bonds. The zero-order valence-electron chi connectivity index (χ0n) is 12.1. The molecule has 0 aromatic rings. The third kappa shape index (κ3) is 2.46. The number of aliphatic hydroxyl groups is 5. The number of fused-ring (bicyclic) bond motifs is 3. The SMILES string of the molecule is CO[C@@H]1OC[C@@H](O[C@@H]2O[C@@H]3CC[C@@]2(O)[C@@H](O)[C@@H]3O)[C@H](O)[C@H]1O. The average Bonchev–Trinajstić information content (AvgIpc) is 2.51. The van der Waals surface area contributed by atoms with Crippen molar-refractivity contribution in [3.05, 3.63) is 0 Å². The van der Waals surface area contributed by atoms with Gasteiger partial charge in [-0.3, -0.25) is 0 Å². The van der Waals surface area contributed by atoms with Crippen LogP contribution in [-0.2, 0) is 18.9 Å². The molecule has 4 rings (SSSR count). The summed E-state index contributed by atoms with van der Waals surface area (Å²) in [6.07, 6.45) is -8.39. The highest BCUT2D eigenvalue weighted by atomic mass is 16.7. The predicted molar refractivity (Wildman–Crippen MR) is 68.5 cm³/mol. The molecule has 1 saturated carbocycles. The second kappa shape index (κ2) is 5.93. The van der Waals surface area contributed by atoms with E-state index in [1.54, 1.807) is 0 Å². The molecule has 0 spiro atoms. The molecule has 1 aliphatic carbocycles. The minimum atomic E-state index is -1.77. The van der Waals surface area contributed by atoms with Crippen LogP contribution < -0.4 is 0 Å². The van der Waals surface area contributed by atoms with Crippen molar-refractivity contribution in [2.24, 2.45) is 0 Å². The predicted octanol–water partition coefficient (Wildman–Crippen LogP) is -2.93. The van der Waals surface area contributed by atoms with E-state index in [0.717, 1.165) is 0 Å². The zero-order chi connectivity index (χ0) is 16.1. The summed E-state index contributed by atoms with van der Waals surface area (Å²) in [7, 11) is 1.34. The molecule has 3 saturated heterocycles. The van der Waals surface area contributed by atoms with Crippen molar-refractivity contribution in [3.8, 4) is 0 Å². The Morgan fingerprint density at radius 1 is 1.09 bits per heavy atom. The van der Waals surface area contributed by atoms with E-state index < -0.39 is 54.8 Å². The molecule has 2 bridgehead atoms. The highest BCUT2D eigenvalue weighted by Gasteiger charge is 2.60. The standard InChI is InChI=1S/C13H22O9/c1-19-11-9(16)7(14)6(4-20-11)22-12-13(18)3-2-5(21-12)8(15)10(13)17/h5-12,14-18H,2-4H2,1H3/t5-,6-,7+,8-,9-,10+,11-,12+,13-/m1/s1. The van der Waals surface area contributed by atoms with Gasteiger partial charge in [0.2, 0.25) is 0 Å². The van der Waals surface area contributed by atoms with Gasteiger partial charge < -0.3 is 44.5 Å². The van der Waals surface area contributed by atoms with Gasteiger partial charge in [0, 0.05) is 7.11 Å². The second-order valence-corrected chi connectivity index (χ2v) is 6.06. The molecule has 9 atom stereocenters. The van der Waals surface area contributed by atoms with Crippen molar-refractivity contribution in [3.63, 3.8) is 0 Å². The molecule has 22 heavy (non-hydrogen) atoms. The number of hydrogen-bond acceptors (Lipinski definition) is 9. The first-order valence-electron chi connectivity index (χ1n) is 7.28. The fraction of sp³-hybridized carbons (Fsp3) is 1.00. The Balaban J connectivity index is 1.69. The van der Waals surface area contributed by atoms with Gasteiger partial charge in [0.1, 0.15) is 36.1 Å². The van der Waals surface area contributed by atoms with Crippen molar-refractivity contribution in [1.82, 2.24) is 0 Å². The van der Waals surface area contributed by atoms with Crippen molar-refractivity contribution in [2.45, 2.75) is 67.6 Å². The van der Waals surface area contributed by atoms with E-state index in [0.29, 0.717) is 6.42 Å². The maximum absolute atomic E-state index is 10.5. The highest BCUT2D eigenvalue weighted by molar-refractivity contribution is 5.06. The summed E-state index contributed by atoms with van der Waals surface area (Å²) in [5.41, 5.74) is -1.77. The third-order valence-corrected chi connectivity index (χ3v) is 4.72. The summed E-state index contributed by atoms with van der Waals surface area (Å²) in [5.74, 6) is 0. The van der Waals surface area contributed by atoms with Crippen LogP contribution in [0.25, 0.3) is 0 Å². The Labute approximate surface area is 127 Å². The van der Waals surface area contributed by atoms with Crippen molar-refractivity contribution < 1.29 is 44.5 Å². The van der Waals surface area contributed by atoms with Crippen LogP contribution in [0.1, 0.15) is 12.8 Å². The number of rotatable bonds is 3. The lowest BCUT2D eigenvalue weighted by molar-refractivity contribution is -0.387. The lowest BCUT2D eigenvalue weighted by atomic mass is 9.75. The summed E-state index contributed by atoms with van der Waals surface area (Å²) >= 11 is 0. The molecule has 0 aromatic heterocycles. The summed E-state index contributed by atoms with van der Waals surface area (Å²) < 4.78 is 21.1. The molecule has 5 N–H and O–H groups in total. The molecule has 0 unspecified atom stereocenters. The zero-order valence-corrected chi connectivity index (χ0v) is 12.1. The molecule has 9 nitrogen and oxygen atoms in total. The molecule has 4 fully saturated rings. The van der Waals surface area contributed by atoms with Gasteiger partial charge in [-0.1, -0.05) is 0 Å². The van der Waals surface area contributed by atoms with E-state index in [1.807, 2.05) is 0 Å². The summed E-state index contributed by atoms with van der Waals surface area (Å²) in [5, 5.41) is 50.2. The summed E-state index contributed by atoms with van der Waals surface area (Å²) in [6.45, 7) is -0.0734. The summed E-state index contributed by atoms with van der Waals surface area (Å²) in [6, 6.07) is 0. The first-order valence-corrected chi connectivity index (χ1v) is 7.28. The van der Waals surface area contributed by atoms with Crippen LogP contribution in [0.3, 0.4) is 0 Å². The molecule has 3 heterocycles. The molecule has 4 aliphatic rings. The lowest BCUT2D eigenvalue weighted by Crippen LogP contribution is -2.71. The first kappa shape index (κ1) is 16.5. The molecule has 0 radical (unpaired) electrons. The third-order valence-electron chi connectivity index (χ3n) is 4.72. The Hall–Kier alpha value is -0.360. The van der Waals surface area contributed by atoms with E-state index in [9.17, 15) is 25.5 Å². The van der Waals surface area contributed by atoms with Gasteiger partial charge >= 0.3 is 0 Å². The van der Waals surface area contributed by atoms with Crippen LogP contribution in [-0.4, -0.2) is 94.1 Å². The molecule has 0 aromatic carbocycles. The van der Waals surface area contributed by atoms with E-state index in [2.05, 4.69) is 0 Å². The van der Waals surface area contributed by atoms with E-state index >= 15 is 0 Å². The fourth-order valence-electron chi connectivity index (χ4n) is 3.28. The largest absolute Gasteiger partial charge is 0.388 e. The van der Waals surface area contributed by atoms with Gasteiger partial charge in [-0.05, 0) is 12.8 Å². The van der Waals surface area contributed by atoms with Gasteiger partial charge in [0.25, 0.3) is 0 Å². The maximum atomic E-state index is 10.5. The van der Waals surface area contributed by atoms with Gasteiger partial charge in [0.15, 0.2) is 12.6 Å². The average molecular weight is 322 g/mol. The Kier molecular flexibility index (Phi) is 4.45. The van der Waals surface area contributed by atoms with Gasteiger partial charge in [-0.25, -0.2) is 0 Å². The second-order valence-electron chi connectivity index (χ2n) is 6.06. The van der Waals surface area contributed by atoms with Crippen molar-refractivity contribution in [1.29, 1.82) is 0 Å². The van der Waals surface area contributed by atoms with E-state index in [1.165, 1.54) is 7.11 Å². The fourth-order valence-corrected chi connectivity index (χ4v) is 3.28. The minimum absolute atomic E-state index is 0.0734. The van der Waals surface area contributed by atoms with Crippen LogP contribution in [0.4, 0.5) is 0 Å². The number of methoxy groups -OCH3 is 1. The molecular weight excluding hydrogens is 300 g/mol. The van der Waals surface area contributed by atoms with Crippen molar-refractivity contribution >= 4 is 0 Å². The Morgan fingerprint density at radius 3 is 2.50 bits per heavy atom. The van der Waals surface area contributed by atoms with Crippen LogP contribution in [0.15, 0.2) is 0 Å².